The number of aliphatic imine (C=N–C) groups is 1. The van der Waals surface area contributed by atoms with Gasteiger partial charge in [0.2, 0.25) is 10.0 Å². The van der Waals surface area contributed by atoms with Gasteiger partial charge in [-0.15, -0.1) is 24.0 Å². The Morgan fingerprint density at radius 3 is 2.78 bits per heavy atom. The van der Waals surface area contributed by atoms with E-state index >= 15 is 0 Å². The van der Waals surface area contributed by atoms with Gasteiger partial charge in [-0.1, -0.05) is 6.07 Å². The largest absolute Gasteiger partial charge is 0.355 e. The van der Waals surface area contributed by atoms with Crippen LogP contribution in [0.3, 0.4) is 0 Å². The Bertz CT molecular complexity index is 754. The second-order valence-electron chi connectivity index (χ2n) is 5.67. The van der Waals surface area contributed by atoms with Crippen LogP contribution >= 0.6 is 35.7 Å². The van der Waals surface area contributed by atoms with E-state index in [1.165, 1.54) is 36.8 Å². The predicted molar refractivity (Wildman–Crippen MR) is 119 cm³/mol. The van der Waals surface area contributed by atoms with E-state index in [4.69, 9.17) is 0 Å². The van der Waals surface area contributed by atoms with Crippen LogP contribution in [-0.4, -0.2) is 57.0 Å². The van der Waals surface area contributed by atoms with Gasteiger partial charge in [-0.3, -0.25) is 15.1 Å². The standard InChI is InChI=1S/C15H23N5O4S2.HI/c1-16-15(18-11-13-5-3-9-25-13)17-7-8-19-26(23,24)14-6-2-4-12(10-14)20(21)22;/h2,4,6,10,13,19H,3,5,7-9,11H2,1H3,(H2,16,17,18);1H. The molecule has 1 fully saturated rings. The lowest BCUT2D eigenvalue weighted by Crippen LogP contribution is -2.43. The molecular weight excluding hydrogens is 505 g/mol. The third-order valence-corrected chi connectivity index (χ3v) is 6.65. The third kappa shape index (κ3) is 7.79. The first kappa shape index (κ1) is 23.9. The summed E-state index contributed by atoms with van der Waals surface area (Å²) in [6.07, 6.45) is 2.43. The minimum atomic E-state index is -3.80. The van der Waals surface area contributed by atoms with Gasteiger partial charge in [0, 0.05) is 44.1 Å². The summed E-state index contributed by atoms with van der Waals surface area (Å²) in [6, 6.07) is 4.95. The lowest BCUT2D eigenvalue weighted by molar-refractivity contribution is -0.385. The van der Waals surface area contributed by atoms with E-state index in [9.17, 15) is 18.5 Å². The molecule has 1 unspecified atom stereocenters. The number of benzene rings is 1. The van der Waals surface area contributed by atoms with Crippen molar-refractivity contribution in [2.45, 2.75) is 23.0 Å². The number of thioether (sulfide) groups is 1. The molecule has 0 aliphatic carbocycles. The highest BCUT2D eigenvalue weighted by Gasteiger charge is 2.17. The van der Waals surface area contributed by atoms with Gasteiger partial charge < -0.3 is 10.6 Å². The van der Waals surface area contributed by atoms with Crippen molar-refractivity contribution in [2.24, 2.45) is 4.99 Å². The molecule has 2 rings (SSSR count). The molecule has 1 aliphatic heterocycles. The number of hydrogen-bond donors (Lipinski definition) is 3. The average molecular weight is 529 g/mol. The molecule has 3 N–H and O–H groups in total. The molecule has 1 aliphatic rings. The van der Waals surface area contributed by atoms with Crippen molar-refractivity contribution in [2.75, 3.05) is 32.4 Å². The van der Waals surface area contributed by atoms with Crippen LogP contribution in [0.1, 0.15) is 12.8 Å². The molecule has 27 heavy (non-hydrogen) atoms. The quantitative estimate of drug-likeness (QED) is 0.117. The normalized spacial score (nSPS) is 17.2. The van der Waals surface area contributed by atoms with Gasteiger partial charge >= 0.3 is 0 Å². The van der Waals surface area contributed by atoms with Crippen molar-refractivity contribution in [1.82, 2.24) is 15.4 Å². The maximum absolute atomic E-state index is 12.2. The lowest BCUT2D eigenvalue weighted by atomic mass is 10.2. The van der Waals surface area contributed by atoms with Crippen molar-refractivity contribution < 1.29 is 13.3 Å². The van der Waals surface area contributed by atoms with Crippen LogP contribution in [0.15, 0.2) is 34.2 Å². The van der Waals surface area contributed by atoms with Crippen LogP contribution in [0.5, 0.6) is 0 Å². The summed E-state index contributed by atoms with van der Waals surface area (Å²) >= 11 is 1.94. The number of halogens is 1. The molecule has 9 nitrogen and oxygen atoms in total. The predicted octanol–water partition coefficient (Wildman–Crippen LogP) is 1.55. The molecule has 1 atom stereocenters. The van der Waals surface area contributed by atoms with Crippen molar-refractivity contribution >= 4 is 57.4 Å². The van der Waals surface area contributed by atoms with Gasteiger partial charge in [0.1, 0.15) is 0 Å². The van der Waals surface area contributed by atoms with Gasteiger partial charge in [-0.2, -0.15) is 11.8 Å². The second kappa shape index (κ2) is 11.7. The Morgan fingerprint density at radius 1 is 1.37 bits per heavy atom. The minimum Gasteiger partial charge on any atom is -0.355 e. The second-order valence-corrected chi connectivity index (χ2v) is 8.84. The zero-order valence-corrected chi connectivity index (χ0v) is 18.8. The van der Waals surface area contributed by atoms with E-state index in [1.54, 1.807) is 7.05 Å². The summed E-state index contributed by atoms with van der Waals surface area (Å²) in [5.74, 6) is 1.81. The molecule has 1 aromatic rings. The van der Waals surface area contributed by atoms with E-state index in [-0.39, 0.29) is 41.1 Å². The van der Waals surface area contributed by atoms with E-state index < -0.39 is 14.9 Å². The Balaban J connectivity index is 0.00000364. The maximum atomic E-state index is 12.2. The van der Waals surface area contributed by atoms with E-state index in [1.807, 2.05) is 11.8 Å². The van der Waals surface area contributed by atoms with Gasteiger partial charge in [0.15, 0.2) is 5.96 Å². The average Bonchev–Trinajstić information content (AvgIpc) is 3.14. The van der Waals surface area contributed by atoms with Gasteiger partial charge in [0.05, 0.1) is 9.82 Å². The van der Waals surface area contributed by atoms with E-state index in [2.05, 4.69) is 20.3 Å². The maximum Gasteiger partial charge on any atom is 0.270 e. The Labute approximate surface area is 180 Å². The summed E-state index contributed by atoms with van der Waals surface area (Å²) in [6.45, 7) is 1.29. The number of rotatable bonds is 8. The van der Waals surface area contributed by atoms with Crippen LogP contribution in [-0.2, 0) is 10.0 Å². The fourth-order valence-corrected chi connectivity index (χ4v) is 4.72. The molecule has 0 spiro atoms. The molecule has 152 valence electrons. The molecule has 1 saturated heterocycles. The molecular formula is C15H24IN5O4S2. The summed E-state index contributed by atoms with van der Waals surface area (Å²) < 4.78 is 26.8. The third-order valence-electron chi connectivity index (χ3n) is 3.79. The first-order valence-corrected chi connectivity index (χ1v) is 10.8. The smallest absolute Gasteiger partial charge is 0.270 e. The highest BCUT2D eigenvalue weighted by atomic mass is 127. The van der Waals surface area contributed by atoms with Crippen LogP contribution in [0.4, 0.5) is 5.69 Å². The SMILES string of the molecule is CN=C(NCCNS(=O)(=O)c1cccc([N+](=O)[O-])c1)NCC1CCCS1.I. The van der Waals surface area contributed by atoms with Crippen molar-refractivity contribution in [3.63, 3.8) is 0 Å². The lowest BCUT2D eigenvalue weighted by Gasteiger charge is -2.15. The summed E-state index contributed by atoms with van der Waals surface area (Å²) in [5, 5.41) is 17.6. The van der Waals surface area contributed by atoms with Gasteiger partial charge in [-0.05, 0) is 24.7 Å². The Hall–Kier alpha value is -1.12. The number of guanidine groups is 1. The van der Waals surface area contributed by atoms with E-state index in [0.29, 0.717) is 17.8 Å². The zero-order chi connectivity index (χ0) is 19.0. The highest BCUT2D eigenvalue weighted by Crippen LogP contribution is 2.25. The zero-order valence-electron chi connectivity index (χ0n) is 14.9. The van der Waals surface area contributed by atoms with Crippen LogP contribution < -0.4 is 15.4 Å². The molecule has 1 aromatic carbocycles. The number of nitrogens with zero attached hydrogens (tertiary/aromatic N) is 2. The van der Waals surface area contributed by atoms with Crippen LogP contribution in [0.25, 0.3) is 0 Å². The fourth-order valence-electron chi connectivity index (χ4n) is 2.45. The molecule has 12 heteroatoms. The van der Waals surface area contributed by atoms with E-state index in [0.717, 1.165) is 12.6 Å². The van der Waals surface area contributed by atoms with Crippen LogP contribution in [0.2, 0.25) is 0 Å². The van der Waals surface area contributed by atoms with Crippen molar-refractivity contribution in [3.8, 4) is 0 Å². The van der Waals surface area contributed by atoms with Crippen LogP contribution in [0, 0.1) is 10.1 Å². The monoisotopic (exact) mass is 529 g/mol. The highest BCUT2D eigenvalue weighted by molar-refractivity contribution is 14.0. The number of nitro groups is 1. The van der Waals surface area contributed by atoms with Crippen molar-refractivity contribution in [3.05, 3.63) is 34.4 Å². The first-order chi connectivity index (χ1) is 12.4. The Kier molecular flexibility index (Phi) is 10.3. The molecule has 0 amide bonds. The first-order valence-electron chi connectivity index (χ1n) is 8.22. The van der Waals surface area contributed by atoms with Crippen molar-refractivity contribution in [1.29, 1.82) is 0 Å². The topological polar surface area (TPSA) is 126 Å². The Morgan fingerprint density at radius 2 is 2.15 bits per heavy atom. The number of hydrogen-bond acceptors (Lipinski definition) is 6. The number of sulfonamides is 1. The summed E-state index contributed by atoms with van der Waals surface area (Å²) in [4.78, 5) is 14.1. The molecule has 0 saturated carbocycles. The summed E-state index contributed by atoms with van der Waals surface area (Å²) in [5.41, 5.74) is -0.264. The number of non-ortho nitro benzene ring substituents is 1. The number of nitrogens with one attached hydrogen (secondary N) is 3. The minimum absolute atomic E-state index is 0. The van der Waals surface area contributed by atoms with Gasteiger partial charge in [-0.25, -0.2) is 13.1 Å². The molecule has 0 radical (unpaired) electrons. The van der Waals surface area contributed by atoms with Gasteiger partial charge in [0.25, 0.3) is 5.69 Å². The molecule has 0 bridgehead atoms. The fraction of sp³-hybridized carbons (Fsp3) is 0.533. The molecule has 0 aromatic heterocycles. The number of nitro benzene ring substituents is 1. The summed E-state index contributed by atoms with van der Waals surface area (Å²) in [7, 11) is -2.15. The molecule has 1 heterocycles.